The van der Waals surface area contributed by atoms with Crippen LogP contribution in [0, 0.1) is 46.3 Å². The lowest BCUT2D eigenvalue weighted by molar-refractivity contribution is -0.153. The van der Waals surface area contributed by atoms with Gasteiger partial charge in [-0.05, 0) is 103 Å². The van der Waals surface area contributed by atoms with Crippen molar-refractivity contribution in [2.45, 2.75) is 124 Å². The summed E-state index contributed by atoms with van der Waals surface area (Å²) in [6.45, 7) is 12.5. The van der Waals surface area contributed by atoms with E-state index in [1.807, 2.05) is 19.2 Å². The fourth-order valence-electron chi connectivity index (χ4n) is 10.9. The maximum Gasteiger partial charge on any atom is 0.323 e. The summed E-state index contributed by atoms with van der Waals surface area (Å²) in [6.07, 6.45) is 19.2. The van der Waals surface area contributed by atoms with Gasteiger partial charge in [0.15, 0.2) is 0 Å². The Morgan fingerprint density at radius 3 is 2.63 bits per heavy atom. The first-order chi connectivity index (χ1) is 20.5. The molecule has 1 heterocycles. The molecule has 0 spiro atoms. The predicted octanol–water partition coefficient (Wildman–Crippen LogP) is 9.00. The van der Waals surface area contributed by atoms with Gasteiger partial charge >= 0.3 is 5.97 Å². The van der Waals surface area contributed by atoms with Crippen molar-refractivity contribution in [2.24, 2.45) is 59.1 Å². The highest BCUT2D eigenvalue weighted by Crippen LogP contribution is 2.67. The smallest absolute Gasteiger partial charge is 0.323 e. The van der Waals surface area contributed by atoms with Crippen molar-refractivity contribution in [2.75, 3.05) is 0 Å². The number of carbonyl (C=O) groups is 1. The molecular formula is C39H58N2O2. The molecule has 4 aliphatic carbocycles. The molecule has 0 saturated heterocycles. The molecule has 2 aromatic rings. The minimum Gasteiger partial charge on any atom is -0.461 e. The molecule has 0 bridgehead atoms. The Morgan fingerprint density at radius 2 is 1.84 bits per heavy atom. The van der Waals surface area contributed by atoms with Gasteiger partial charge in [-0.1, -0.05) is 83.7 Å². The zero-order valence-corrected chi connectivity index (χ0v) is 27.9. The summed E-state index contributed by atoms with van der Waals surface area (Å²) in [4.78, 5) is 13.2. The van der Waals surface area contributed by atoms with Gasteiger partial charge in [-0.25, -0.2) is 0 Å². The maximum absolute atomic E-state index is 13.2. The number of allylic oxidation sites excluding steroid dienone is 1. The van der Waals surface area contributed by atoms with Crippen LogP contribution in [-0.2, 0) is 23.0 Å². The van der Waals surface area contributed by atoms with Gasteiger partial charge in [0, 0.05) is 37.0 Å². The van der Waals surface area contributed by atoms with E-state index in [1.165, 1.54) is 62.3 Å². The third-order valence-corrected chi connectivity index (χ3v) is 13.3. The lowest BCUT2D eigenvalue weighted by Crippen LogP contribution is -2.51. The summed E-state index contributed by atoms with van der Waals surface area (Å²) in [6, 6.07) is 7.68. The van der Waals surface area contributed by atoms with Crippen molar-refractivity contribution >= 4 is 16.9 Å². The molecule has 9 atom stereocenters. The zero-order chi connectivity index (χ0) is 30.5. The van der Waals surface area contributed by atoms with Crippen LogP contribution >= 0.6 is 0 Å². The van der Waals surface area contributed by atoms with Crippen LogP contribution in [0.15, 0.2) is 42.1 Å². The van der Waals surface area contributed by atoms with Crippen molar-refractivity contribution in [3.8, 4) is 0 Å². The summed E-state index contributed by atoms with van der Waals surface area (Å²) in [5.41, 5.74) is 11.1. The molecule has 3 fully saturated rings. The Labute approximate surface area is 261 Å². The molecule has 43 heavy (non-hydrogen) atoms. The molecule has 0 radical (unpaired) electrons. The van der Waals surface area contributed by atoms with Gasteiger partial charge in [0.1, 0.15) is 12.1 Å². The van der Waals surface area contributed by atoms with Crippen LogP contribution < -0.4 is 5.73 Å². The summed E-state index contributed by atoms with van der Waals surface area (Å²) in [5, 5.41) is 1.17. The van der Waals surface area contributed by atoms with Gasteiger partial charge < -0.3 is 15.0 Å². The van der Waals surface area contributed by atoms with E-state index >= 15 is 0 Å². The molecule has 3 saturated carbocycles. The van der Waals surface area contributed by atoms with Gasteiger partial charge in [0.2, 0.25) is 0 Å². The topological polar surface area (TPSA) is 57.2 Å². The summed E-state index contributed by atoms with van der Waals surface area (Å²) >= 11 is 0. The Kier molecular flexibility index (Phi) is 8.65. The Hall–Kier alpha value is -2.07. The van der Waals surface area contributed by atoms with Crippen LogP contribution in [0.4, 0.5) is 0 Å². The molecule has 0 aliphatic heterocycles. The zero-order valence-electron chi connectivity index (χ0n) is 27.9. The van der Waals surface area contributed by atoms with Crippen molar-refractivity contribution in [1.82, 2.24) is 4.57 Å². The van der Waals surface area contributed by atoms with E-state index in [4.69, 9.17) is 10.5 Å². The number of aromatic nitrogens is 1. The number of para-hydroxylation sites is 1. The van der Waals surface area contributed by atoms with E-state index in [2.05, 4.69) is 63.6 Å². The number of ether oxygens (including phenoxy) is 1. The van der Waals surface area contributed by atoms with Crippen LogP contribution in [0.1, 0.15) is 111 Å². The molecule has 1 aromatic heterocycles. The lowest BCUT2D eigenvalue weighted by atomic mass is 9.47. The number of fused-ring (bicyclic) bond motifs is 6. The largest absolute Gasteiger partial charge is 0.461 e. The third-order valence-electron chi connectivity index (χ3n) is 13.3. The Balaban J connectivity index is 1.08. The highest BCUT2D eigenvalue weighted by atomic mass is 16.5. The van der Waals surface area contributed by atoms with Gasteiger partial charge in [-0.3, -0.25) is 4.79 Å². The van der Waals surface area contributed by atoms with Crippen LogP contribution in [0.5, 0.6) is 0 Å². The standard InChI is InChI=1S/C39H58N2O2/c1-25(2)10-9-11-26(3)32-16-17-33-31-15-14-28-23-29(18-20-38(28,4)34(31)19-21-39(32,33)5)43-37(42)35(40)22-27-24-41(6)36-13-8-7-12-30(27)36/h7-8,12-14,24-26,29,31-35H,9-11,15-23,40H2,1-6H3/t26?,29-,31-,32?,33?,34?,35-,38-,39+/m0/s1. The number of carbonyl (C=O) groups excluding carboxylic acids is 1. The molecule has 4 aliphatic rings. The van der Waals surface area contributed by atoms with Gasteiger partial charge in [-0.2, -0.15) is 0 Å². The fourth-order valence-corrected chi connectivity index (χ4v) is 10.9. The van der Waals surface area contributed by atoms with Crippen molar-refractivity contribution in [3.63, 3.8) is 0 Å². The Morgan fingerprint density at radius 1 is 1.05 bits per heavy atom. The second-order valence-electron chi connectivity index (χ2n) is 16.2. The van der Waals surface area contributed by atoms with E-state index in [0.29, 0.717) is 11.8 Å². The number of benzene rings is 1. The van der Waals surface area contributed by atoms with Crippen LogP contribution in [0.3, 0.4) is 0 Å². The second kappa shape index (κ2) is 12.0. The number of hydrogen-bond donors (Lipinski definition) is 1. The quantitative estimate of drug-likeness (QED) is 0.236. The number of nitrogens with zero attached hydrogens (tertiary/aromatic N) is 1. The minimum absolute atomic E-state index is 0.0432. The molecule has 1 aromatic carbocycles. The van der Waals surface area contributed by atoms with Crippen molar-refractivity contribution in [3.05, 3.63) is 47.7 Å². The van der Waals surface area contributed by atoms with Gasteiger partial charge in [0.25, 0.3) is 0 Å². The number of esters is 1. The summed E-state index contributed by atoms with van der Waals surface area (Å²) in [5.74, 6) is 4.82. The first kappa shape index (κ1) is 30.9. The minimum atomic E-state index is -0.636. The predicted molar refractivity (Wildman–Crippen MR) is 178 cm³/mol. The first-order valence-corrected chi connectivity index (χ1v) is 17.7. The molecule has 4 unspecified atom stereocenters. The summed E-state index contributed by atoms with van der Waals surface area (Å²) < 4.78 is 8.25. The molecule has 6 rings (SSSR count). The van der Waals surface area contributed by atoms with Crippen molar-refractivity contribution < 1.29 is 9.53 Å². The third kappa shape index (κ3) is 5.64. The SMILES string of the molecule is CC(C)CCCC(C)C1CCC2[C@@H]3CC=C4C[C@@H](OC(=O)[C@@H](N)Cc5cn(C)c6ccccc56)CC[C@]4(C)C3CC[C@]12C. The Bertz CT molecular complexity index is 1340. The van der Waals surface area contributed by atoms with E-state index in [0.717, 1.165) is 60.3 Å². The lowest BCUT2D eigenvalue weighted by Gasteiger charge is -2.58. The molecule has 2 N–H and O–H groups in total. The highest BCUT2D eigenvalue weighted by Gasteiger charge is 2.59. The average molecular weight is 587 g/mol. The highest BCUT2D eigenvalue weighted by molar-refractivity contribution is 5.85. The van der Waals surface area contributed by atoms with Gasteiger partial charge in [0.05, 0.1) is 0 Å². The normalized spacial score (nSPS) is 35.2. The fraction of sp³-hybridized carbons (Fsp3) is 0.718. The molecular weight excluding hydrogens is 528 g/mol. The number of rotatable bonds is 9. The number of nitrogens with two attached hydrogens (primary N) is 1. The monoisotopic (exact) mass is 586 g/mol. The number of hydrogen-bond acceptors (Lipinski definition) is 3. The van der Waals surface area contributed by atoms with Crippen LogP contribution in [-0.4, -0.2) is 22.7 Å². The molecule has 0 amide bonds. The van der Waals surface area contributed by atoms with Crippen molar-refractivity contribution in [1.29, 1.82) is 0 Å². The van der Waals surface area contributed by atoms with E-state index in [1.54, 1.807) is 5.57 Å². The van der Waals surface area contributed by atoms with E-state index in [9.17, 15) is 4.79 Å². The van der Waals surface area contributed by atoms with E-state index < -0.39 is 6.04 Å². The average Bonchev–Trinajstić information content (AvgIpc) is 3.49. The molecule has 4 nitrogen and oxygen atoms in total. The maximum atomic E-state index is 13.2. The first-order valence-electron chi connectivity index (χ1n) is 17.7. The second-order valence-corrected chi connectivity index (χ2v) is 16.2. The van der Waals surface area contributed by atoms with E-state index in [-0.39, 0.29) is 17.5 Å². The summed E-state index contributed by atoms with van der Waals surface area (Å²) in [7, 11) is 2.05. The van der Waals surface area contributed by atoms with Crippen LogP contribution in [0.2, 0.25) is 0 Å². The molecule has 4 heteroatoms. The van der Waals surface area contributed by atoms with Gasteiger partial charge in [-0.15, -0.1) is 0 Å². The number of aryl methyl sites for hydroxylation is 1. The van der Waals surface area contributed by atoms with Crippen LogP contribution in [0.25, 0.3) is 10.9 Å². The molecule has 236 valence electrons.